The quantitative estimate of drug-likeness (QED) is 0.347. The van der Waals surface area contributed by atoms with E-state index in [-0.39, 0.29) is 28.6 Å². The van der Waals surface area contributed by atoms with Crippen molar-refractivity contribution < 1.29 is 23.9 Å². The number of benzene rings is 2. The number of carbonyl (C=O) groups is 3. The van der Waals surface area contributed by atoms with E-state index in [1.165, 1.54) is 36.5 Å². The monoisotopic (exact) mass is 487 g/mol. The van der Waals surface area contributed by atoms with Gasteiger partial charge in [0.05, 0.1) is 16.2 Å². The molecule has 34 heavy (non-hydrogen) atoms. The molecule has 0 bridgehead atoms. The molecule has 6 N–H and O–H groups in total. The van der Waals surface area contributed by atoms with Crippen LogP contribution in [0.4, 0.5) is 19.7 Å². The van der Waals surface area contributed by atoms with Gasteiger partial charge in [-0.15, -0.1) is 0 Å². The third kappa shape index (κ3) is 5.23. The van der Waals surface area contributed by atoms with Crippen molar-refractivity contribution in [2.75, 3.05) is 5.32 Å². The number of amides is 4. The van der Waals surface area contributed by atoms with Gasteiger partial charge in [-0.25, -0.2) is 14.0 Å². The van der Waals surface area contributed by atoms with Crippen LogP contribution in [0.1, 0.15) is 24.8 Å². The van der Waals surface area contributed by atoms with Crippen molar-refractivity contribution in [3.8, 4) is 5.75 Å². The van der Waals surface area contributed by atoms with Gasteiger partial charge in [0.2, 0.25) is 5.91 Å². The molecule has 3 aromatic rings. The second-order valence-electron chi connectivity index (χ2n) is 8.21. The van der Waals surface area contributed by atoms with Crippen molar-refractivity contribution in [3.05, 3.63) is 59.0 Å². The number of fused-ring (bicyclic) bond motifs is 1. The smallest absolute Gasteiger partial charge is 0.323 e. The van der Waals surface area contributed by atoms with Gasteiger partial charge in [-0.3, -0.25) is 9.36 Å². The number of primary amides is 1. The van der Waals surface area contributed by atoms with Crippen molar-refractivity contribution in [3.63, 3.8) is 0 Å². The third-order valence-electron chi connectivity index (χ3n) is 5.65. The number of nitrogens with one attached hydrogen (secondary N) is 3. The maximum Gasteiger partial charge on any atom is 0.323 e. The van der Waals surface area contributed by atoms with Crippen LogP contribution >= 0.6 is 11.6 Å². The molecule has 0 radical (unpaired) electrons. The van der Waals surface area contributed by atoms with Gasteiger partial charge in [-0.1, -0.05) is 36.6 Å². The van der Waals surface area contributed by atoms with Crippen LogP contribution in [0.25, 0.3) is 10.9 Å². The zero-order chi connectivity index (χ0) is 24.4. The van der Waals surface area contributed by atoms with E-state index in [1.807, 2.05) is 0 Å². The summed E-state index contributed by atoms with van der Waals surface area (Å²) in [6.45, 7) is -0.0781. The Kier molecular flexibility index (Phi) is 6.60. The minimum absolute atomic E-state index is 0.0396. The van der Waals surface area contributed by atoms with E-state index in [0.717, 1.165) is 17.4 Å². The van der Waals surface area contributed by atoms with Gasteiger partial charge in [-0.05, 0) is 30.5 Å². The first kappa shape index (κ1) is 23.4. The molecule has 0 aliphatic heterocycles. The number of phenolic OH excluding ortho intramolecular Hbond substituents is 1. The number of carbonyl (C=O) groups excluding carboxylic acids is 3. The van der Waals surface area contributed by atoms with Gasteiger partial charge in [0, 0.05) is 29.8 Å². The van der Waals surface area contributed by atoms with E-state index in [0.29, 0.717) is 23.2 Å². The summed E-state index contributed by atoms with van der Waals surface area (Å²) in [6, 6.07) is 6.52. The SMILES string of the molecule is NC(=O)n1cc(NC(=O)N[C@@H](CC2CC2)C(=O)NCc2cccc(Cl)c2F)c2ccc(O)cc21. The second-order valence-corrected chi connectivity index (χ2v) is 8.62. The summed E-state index contributed by atoms with van der Waals surface area (Å²) >= 11 is 5.79. The number of urea groups is 1. The van der Waals surface area contributed by atoms with E-state index < -0.39 is 29.8 Å². The summed E-state index contributed by atoms with van der Waals surface area (Å²) in [6.07, 6.45) is 3.70. The summed E-state index contributed by atoms with van der Waals surface area (Å²) in [5, 5.41) is 18.1. The van der Waals surface area contributed by atoms with Crippen LogP contribution in [-0.2, 0) is 11.3 Å². The predicted molar refractivity (Wildman–Crippen MR) is 125 cm³/mol. The topological polar surface area (TPSA) is 138 Å². The Hall–Kier alpha value is -3.79. The standard InChI is InChI=1S/C23H23ClFN5O4/c24-16-3-1-2-13(20(16)25)10-27-21(32)17(8-12-4-5-12)28-23(34)29-18-11-30(22(26)33)19-9-14(31)6-7-15(18)19/h1-3,6-7,9,11-12,17,31H,4-5,8,10H2,(H2,26,33)(H,27,32)(H2,28,29,34)/t17-/m0/s1. The number of hydrogen-bond acceptors (Lipinski definition) is 4. The fraction of sp³-hybridized carbons (Fsp3) is 0.261. The van der Waals surface area contributed by atoms with Gasteiger partial charge in [0.15, 0.2) is 0 Å². The molecule has 0 spiro atoms. The molecule has 178 valence electrons. The number of phenols is 1. The second kappa shape index (κ2) is 9.60. The van der Waals surface area contributed by atoms with E-state index in [2.05, 4.69) is 16.0 Å². The highest BCUT2D eigenvalue weighted by Gasteiger charge is 2.30. The Morgan fingerprint density at radius 2 is 2.00 bits per heavy atom. The maximum atomic E-state index is 14.1. The lowest BCUT2D eigenvalue weighted by Gasteiger charge is -2.19. The fourth-order valence-corrected chi connectivity index (χ4v) is 3.92. The summed E-state index contributed by atoms with van der Waals surface area (Å²) in [7, 11) is 0. The molecule has 1 atom stereocenters. The van der Waals surface area contributed by atoms with Gasteiger partial charge < -0.3 is 26.8 Å². The molecule has 11 heteroatoms. The lowest BCUT2D eigenvalue weighted by atomic mass is 10.1. The van der Waals surface area contributed by atoms with E-state index in [1.54, 1.807) is 6.07 Å². The average Bonchev–Trinajstić information content (AvgIpc) is 3.54. The largest absolute Gasteiger partial charge is 0.508 e. The molecular formula is C23H23ClFN5O4. The number of halogens is 2. The number of nitrogens with two attached hydrogens (primary N) is 1. The zero-order valence-electron chi connectivity index (χ0n) is 18.0. The maximum absolute atomic E-state index is 14.1. The number of aromatic nitrogens is 1. The Morgan fingerprint density at radius 1 is 1.24 bits per heavy atom. The summed E-state index contributed by atoms with van der Waals surface area (Å²) in [5.74, 6) is -0.809. The molecule has 1 aliphatic rings. The van der Waals surface area contributed by atoms with Gasteiger partial charge in [-0.2, -0.15) is 0 Å². The number of anilines is 1. The van der Waals surface area contributed by atoms with Gasteiger partial charge in [0.1, 0.15) is 17.6 Å². The molecule has 4 amide bonds. The van der Waals surface area contributed by atoms with Gasteiger partial charge >= 0.3 is 12.1 Å². The third-order valence-corrected chi connectivity index (χ3v) is 5.94. The average molecular weight is 488 g/mol. The fourth-order valence-electron chi connectivity index (χ4n) is 3.72. The summed E-state index contributed by atoms with van der Waals surface area (Å²) in [5.41, 5.74) is 6.21. The minimum atomic E-state index is -0.844. The van der Waals surface area contributed by atoms with E-state index in [4.69, 9.17) is 17.3 Å². The first-order valence-electron chi connectivity index (χ1n) is 10.6. The molecule has 1 heterocycles. The number of rotatable bonds is 7. The highest BCUT2D eigenvalue weighted by atomic mass is 35.5. The molecule has 1 saturated carbocycles. The molecule has 2 aromatic carbocycles. The molecule has 1 aromatic heterocycles. The van der Waals surface area contributed by atoms with Crippen LogP contribution in [-0.4, -0.2) is 33.7 Å². The highest BCUT2D eigenvalue weighted by Crippen LogP contribution is 2.34. The van der Waals surface area contributed by atoms with Crippen LogP contribution < -0.4 is 21.7 Å². The normalized spacial score (nSPS) is 13.9. The highest BCUT2D eigenvalue weighted by molar-refractivity contribution is 6.30. The molecule has 4 rings (SSSR count). The molecule has 1 aliphatic carbocycles. The first-order valence-corrected chi connectivity index (χ1v) is 11.0. The van der Waals surface area contributed by atoms with Crippen LogP contribution in [0.3, 0.4) is 0 Å². The number of nitrogens with zero attached hydrogens (tertiary/aromatic N) is 1. The van der Waals surface area contributed by atoms with Gasteiger partial charge in [0.25, 0.3) is 0 Å². The number of hydrogen-bond donors (Lipinski definition) is 5. The van der Waals surface area contributed by atoms with Crippen molar-refractivity contribution in [1.82, 2.24) is 15.2 Å². The Labute approximate surface area is 199 Å². The zero-order valence-corrected chi connectivity index (χ0v) is 18.7. The van der Waals surface area contributed by atoms with Crippen molar-refractivity contribution >= 4 is 46.2 Å². The Balaban J connectivity index is 1.46. The van der Waals surface area contributed by atoms with Crippen LogP contribution in [0.15, 0.2) is 42.6 Å². The first-order chi connectivity index (χ1) is 16.2. The van der Waals surface area contributed by atoms with Crippen molar-refractivity contribution in [1.29, 1.82) is 0 Å². The van der Waals surface area contributed by atoms with Crippen LogP contribution in [0, 0.1) is 11.7 Å². The predicted octanol–water partition coefficient (Wildman–Crippen LogP) is 3.67. The Bertz CT molecular complexity index is 1270. The molecular weight excluding hydrogens is 465 g/mol. The molecule has 0 unspecified atom stereocenters. The molecule has 0 saturated heterocycles. The molecule has 9 nitrogen and oxygen atoms in total. The Morgan fingerprint density at radius 3 is 2.71 bits per heavy atom. The van der Waals surface area contributed by atoms with Crippen LogP contribution in [0.2, 0.25) is 5.02 Å². The lowest BCUT2D eigenvalue weighted by Crippen LogP contribution is -2.48. The van der Waals surface area contributed by atoms with E-state index in [9.17, 15) is 23.9 Å². The lowest BCUT2D eigenvalue weighted by molar-refractivity contribution is -0.123. The van der Waals surface area contributed by atoms with E-state index >= 15 is 0 Å². The molecule has 1 fully saturated rings. The summed E-state index contributed by atoms with van der Waals surface area (Å²) in [4.78, 5) is 37.3. The minimum Gasteiger partial charge on any atom is -0.508 e. The van der Waals surface area contributed by atoms with Crippen molar-refractivity contribution in [2.45, 2.75) is 31.8 Å². The van der Waals surface area contributed by atoms with Crippen LogP contribution in [0.5, 0.6) is 5.75 Å². The van der Waals surface area contributed by atoms with Crippen molar-refractivity contribution in [2.24, 2.45) is 11.7 Å². The summed E-state index contributed by atoms with van der Waals surface area (Å²) < 4.78 is 15.2. The number of aromatic hydroxyl groups is 1.